The number of aliphatic hydroxyl groups excluding tert-OH is 1. The van der Waals surface area contributed by atoms with Gasteiger partial charge in [-0.15, -0.1) is 0 Å². The SMILES string of the molecule is O=C(O)[C@H](CCO)NC(=O)N1CCCc2ccccc2C1. The van der Waals surface area contributed by atoms with Gasteiger partial charge in [0.2, 0.25) is 0 Å². The molecule has 114 valence electrons. The van der Waals surface area contributed by atoms with Crippen LogP contribution in [0.25, 0.3) is 0 Å². The van der Waals surface area contributed by atoms with Crippen molar-refractivity contribution in [2.24, 2.45) is 0 Å². The van der Waals surface area contributed by atoms with Crippen LogP contribution in [-0.2, 0) is 17.8 Å². The molecule has 0 aromatic heterocycles. The summed E-state index contributed by atoms with van der Waals surface area (Å²) in [6.07, 6.45) is 1.77. The third kappa shape index (κ3) is 3.95. The topological polar surface area (TPSA) is 89.9 Å². The fourth-order valence-electron chi connectivity index (χ4n) is 2.50. The van der Waals surface area contributed by atoms with E-state index in [1.807, 2.05) is 18.2 Å². The number of carbonyl (C=O) groups is 2. The normalized spacial score (nSPS) is 15.8. The number of aliphatic carboxylic acids is 1. The van der Waals surface area contributed by atoms with Gasteiger partial charge >= 0.3 is 12.0 Å². The first-order valence-electron chi connectivity index (χ1n) is 7.07. The van der Waals surface area contributed by atoms with Crippen LogP contribution in [0.15, 0.2) is 24.3 Å². The standard InChI is InChI=1S/C15H20N2O4/c18-9-7-13(14(19)20)16-15(21)17-8-3-6-11-4-1-2-5-12(11)10-17/h1-2,4-5,13,18H,3,6-10H2,(H,16,21)(H,19,20)/t13-/m0/s1. The Morgan fingerprint density at radius 1 is 1.29 bits per heavy atom. The number of nitrogens with one attached hydrogen (secondary N) is 1. The van der Waals surface area contributed by atoms with Crippen LogP contribution in [-0.4, -0.2) is 46.3 Å². The molecule has 1 aliphatic rings. The highest BCUT2D eigenvalue weighted by atomic mass is 16.4. The van der Waals surface area contributed by atoms with Gasteiger partial charge < -0.3 is 20.4 Å². The number of amides is 2. The van der Waals surface area contributed by atoms with Gasteiger partial charge in [0, 0.05) is 26.1 Å². The van der Waals surface area contributed by atoms with Crippen molar-refractivity contribution in [2.75, 3.05) is 13.2 Å². The Balaban J connectivity index is 2.04. The molecule has 0 saturated heterocycles. The molecule has 2 amide bonds. The van der Waals surface area contributed by atoms with Crippen molar-refractivity contribution in [1.82, 2.24) is 10.2 Å². The summed E-state index contributed by atoms with van der Waals surface area (Å²) < 4.78 is 0. The smallest absolute Gasteiger partial charge is 0.326 e. The maximum atomic E-state index is 12.2. The lowest BCUT2D eigenvalue weighted by Crippen LogP contribution is -2.48. The zero-order valence-electron chi connectivity index (χ0n) is 11.8. The summed E-state index contributed by atoms with van der Waals surface area (Å²) in [7, 11) is 0. The number of aliphatic hydroxyl groups is 1. The maximum Gasteiger partial charge on any atom is 0.326 e. The van der Waals surface area contributed by atoms with Crippen molar-refractivity contribution in [3.05, 3.63) is 35.4 Å². The zero-order chi connectivity index (χ0) is 15.2. The molecule has 21 heavy (non-hydrogen) atoms. The van der Waals surface area contributed by atoms with E-state index in [2.05, 4.69) is 11.4 Å². The summed E-state index contributed by atoms with van der Waals surface area (Å²) in [4.78, 5) is 24.9. The summed E-state index contributed by atoms with van der Waals surface area (Å²) in [6.45, 7) is 0.791. The highest BCUT2D eigenvalue weighted by Gasteiger charge is 2.24. The Morgan fingerprint density at radius 3 is 2.67 bits per heavy atom. The summed E-state index contributed by atoms with van der Waals surface area (Å²) in [5.74, 6) is -1.13. The first kappa shape index (κ1) is 15.3. The molecule has 1 aromatic rings. The molecule has 0 aliphatic carbocycles. The summed E-state index contributed by atoms with van der Waals surface area (Å²) in [6, 6.07) is 6.52. The molecule has 0 radical (unpaired) electrons. The van der Waals surface area contributed by atoms with Crippen LogP contribution in [0.1, 0.15) is 24.0 Å². The van der Waals surface area contributed by atoms with Gasteiger partial charge in [0.1, 0.15) is 6.04 Å². The molecular formula is C15H20N2O4. The minimum Gasteiger partial charge on any atom is -0.480 e. The lowest BCUT2D eigenvalue weighted by molar-refractivity contribution is -0.139. The van der Waals surface area contributed by atoms with Crippen molar-refractivity contribution >= 4 is 12.0 Å². The Kier molecular flexibility index (Phi) is 5.16. The second-order valence-electron chi connectivity index (χ2n) is 5.15. The van der Waals surface area contributed by atoms with Crippen LogP contribution >= 0.6 is 0 Å². The van der Waals surface area contributed by atoms with Crippen LogP contribution in [0.4, 0.5) is 4.79 Å². The van der Waals surface area contributed by atoms with Gasteiger partial charge in [-0.25, -0.2) is 9.59 Å². The Labute approximate surface area is 123 Å². The number of fused-ring (bicyclic) bond motifs is 1. The maximum absolute atomic E-state index is 12.2. The van der Waals surface area contributed by atoms with Crippen molar-refractivity contribution in [2.45, 2.75) is 31.8 Å². The molecule has 0 unspecified atom stereocenters. The number of carbonyl (C=O) groups excluding carboxylic acids is 1. The Hall–Kier alpha value is -2.08. The van der Waals surface area contributed by atoms with Gasteiger partial charge in [-0.3, -0.25) is 0 Å². The van der Waals surface area contributed by atoms with Crippen LogP contribution in [0, 0.1) is 0 Å². The number of aryl methyl sites for hydroxylation is 1. The molecule has 0 fully saturated rings. The highest BCUT2D eigenvalue weighted by molar-refractivity contribution is 5.82. The third-order valence-corrected chi connectivity index (χ3v) is 3.65. The average Bonchev–Trinajstić information content (AvgIpc) is 2.68. The molecule has 3 N–H and O–H groups in total. The minimum atomic E-state index is -1.13. The summed E-state index contributed by atoms with van der Waals surface area (Å²) in [5, 5.41) is 20.3. The molecule has 1 aliphatic heterocycles. The molecule has 0 saturated carbocycles. The number of hydrogen-bond acceptors (Lipinski definition) is 3. The van der Waals surface area contributed by atoms with Crippen molar-refractivity contribution in [3.63, 3.8) is 0 Å². The Morgan fingerprint density at radius 2 is 2.00 bits per heavy atom. The fraction of sp³-hybridized carbons (Fsp3) is 0.467. The van der Waals surface area contributed by atoms with E-state index in [0.717, 1.165) is 18.4 Å². The van der Waals surface area contributed by atoms with Gasteiger partial charge in [-0.2, -0.15) is 0 Å². The van der Waals surface area contributed by atoms with E-state index in [0.29, 0.717) is 13.1 Å². The lowest BCUT2D eigenvalue weighted by atomic mass is 10.0. The lowest BCUT2D eigenvalue weighted by Gasteiger charge is -2.23. The summed E-state index contributed by atoms with van der Waals surface area (Å²) >= 11 is 0. The van der Waals surface area contributed by atoms with Gasteiger partial charge in [0.25, 0.3) is 0 Å². The predicted molar refractivity (Wildman–Crippen MR) is 76.8 cm³/mol. The van der Waals surface area contributed by atoms with Gasteiger partial charge in [0.15, 0.2) is 0 Å². The van der Waals surface area contributed by atoms with Crippen molar-refractivity contribution < 1.29 is 19.8 Å². The number of nitrogens with zero attached hydrogens (tertiary/aromatic N) is 1. The second kappa shape index (κ2) is 7.08. The summed E-state index contributed by atoms with van der Waals surface area (Å²) in [5.41, 5.74) is 2.33. The van der Waals surface area contributed by atoms with Crippen molar-refractivity contribution in [1.29, 1.82) is 0 Å². The Bertz CT molecular complexity index is 518. The molecule has 0 bridgehead atoms. The molecule has 6 nitrogen and oxygen atoms in total. The number of urea groups is 1. The number of rotatable bonds is 4. The fourth-order valence-corrected chi connectivity index (χ4v) is 2.50. The van der Waals surface area contributed by atoms with E-state index < -0.39 is 18.0 Å². The predicted octanol–water partition coefficient (Wildman–Crippen LogP) is 0.980. The third-order valence-electron chi connectivity index (χ3n) is 3.65. The molecule has 0 spiro atoms. The molecular weight excluding hydrogens is 272 g/mol. The second-order valence-corrected chi connectivity index (χ2v) is 5.15. The number of benzene rings is 1. The van der Waals surface area contributed by atoms with Crippen LogP contribution in [0.3, 0.4) is 0 Å². The molecule has 1 aromatic carbocycles. The zero-order valence-corrected chi connectivity index (χ0v) is 11.8. The highest BCUT2D eigenvalue weighted by Crippen LogP contribution is 2.18. The van der Waals surface area contributed by atoms with E-state index in [9.17, 15) is 9.59 Å². The van der Waals surface area contributed by atoms with E-state index in [1.54, 1.807) is 4.90 Å². The first-order chi connectivity index (χ1) is 10.1. The van der Waals surface area contributed by atoms with Crippen molar-refractivity contribution in [3.8, 4) is 0 Å². The molecule has 1 heterocycles. The van der Waals surface area contributed by atoms with Gasteiger partial charge in [-0.1, -0.05) is 24.3 Å². The number of carboxylic acids is 1. The van der Waals surface area contributed by atoms with E-state index in [1.165, 1.54) is 5.56 Å². The van der Waals surface area contributed by atoms with E-state index >= 15 is 0 Å². The van der Waals surface area contributed by atoms with Gasteiger partial charge in [-0.05, 0) is 24.0 Å². The van der Waals surface area contributed by atoms with Crippen LogP contribution in [0.2, 0.25) is 0 Å². The monoisotopic (exact) mass is 292 g/mol. The largest absolute Gasteiger partial charge is 0.480 e. The van der Waals surface area contributed by atoms with Crippen LogP contribution < -0.4 is 5.32 Å². The number of hydrogen-bond donors (Lipinski definition) is 3. The van der Waals surface area contributed by atoms with E-state index in [-0.39, 0.29) is 13.0 Å². The molecule has 6 heteroatoms. The molecule has 1 atom stereocenters. The first-order valence-corrected chi connectivity index (χ1v) is 7.07. The van der Waals surface area contributed by atoms with E-state index in [4.69, 9.17) is 10.2 Å². The van der Waals surface area contributed by atoms with Gasteiger partial charge in [0.05, 0.1) is 0 Å². The average molecular weight is 292 g/mol. The quantitative estimate of drug-likeness (QED) is 0.771. The number of carboxylic acid groups (broad SMARTS) is 1. The minimum absolute atomic E-state index is 0.00546. The molecule has 2 rings (SSSR count). The van der Waals surface area contributed by atoms with Crippen LogP contribution in [0.5, 0.6) is 0 Å².